The minimum atomic E-state index is 1.01. The van der Waals surface area contributed by atoms with Gasteiger partial charge in [-0.3, -0.25) is 4.98 Å². The van der Waals surface area contributed by atoms with Gasteiger partial charge in [0.1, 0.15) is 0 Å². The van der Waals surface area contributed by atoms with Gasteiger partial charge in [-0.15, -0.1) is 0 Å². The van der Waals surface area contributed by atoms with Crippen LogP contribution in [0.25, 0.3) is 27.5 Å². The maximum Gasteiger partial charge on any atom is 0.0702 e. The normalized spacial score (nSPS) is 11.2. The molecule has 3 heterocycles. The molecule has 0 spiro atoms. The molecule has 0 bridgehead atoms. The molecule has 2 nitrogen and oxygen atoms in total. The lowest BCUT2D eigenvalue weighted by atomic mass is 10.1. The molecule has 4 rings (SSSR count). The average molecular weight is 244 g/mol. The van der Waals surface area contributed by atoms with Crippen molar-refractivity contribution in [2.45, 2.75) is 0 Å². The maximum absolute atomic E-state index is 4.41. The second-order valence-electron chi connectivity index (χ2n) is 4.64. The summed E-state index contributed by atoms with van der Waals surface area (Å²) in [5.74, 6) is 0. The molecule has 2 heteroatoms. The Balaban J connectivity index is 2.03. The first-order chi connectivity index (χ1) is 9.42. The van der Waals surface area contributed by atoms with Gasteiger partial charge in [0.2, 0.25) is 0 Å². The first-order valence-electron chi connectivity index (χ1n) is 6.33. The van der Waals surface area contributed by atoms with Crippen molar-refractivity contribution in [1.29, 1.82) is 0 Å². The van der Waals surface area contributed by atoms with Crippen LogP contribution in [-0.2, 0) is 0 Å². The van der Waals surface area contributed by atoms with Crippen molar-refractivity contribution in [3.63, 3.8) is 0 Å². The monoisotopic (exact) mass is 244 g/mol. The highest BCUT2D eigenvalue weighted by Crippen LogP contribution is 2.27. The van der Waals surface area contributed by atoms with Crippen molar-refractivity contribution < 1.29 is 0 Å². The van der Waals surface area contributed by atoms with Crippen molar-refractivity contribution in [2.24, 2.45) is 0 Å². The molecule has 3 aromatic heterocycles. The van der Waals surface area contributed by atoms with E-state index < -0.39 is 0 Å². The largest absolute Gasteiger partial charge is 0.323 e. The van der Waals surface area contributed by atoms with Gasteiger partial charge in [-0.05, 0) is 30.3 Å². The lowest BCUT2D eigenvalue weighted by Crippen LogP contribution is -1.81. The van der Waals surface area contributed by atoms with Crippen LogP contribution in [0.5, 0.6) is 0 Å². The molecule has 0 amide bonds. The summed E-state index contributed by atoms with van der Waals surface area (Å²) >= 11 is 0. The molecule has 4 aromatic rings. The van der Waals surface area contributed by atoms with Crippen LogP contribution in [0.4, 0.5) is 0 Å². The summed E-state index contributed by atoms with van der Waals surface area (Å²) < 4.78 is 2.16. The molecule has 0 unspecified atom stereocenters. The first-order valence-corrected chi connectivity index (χ1v) is 6.33. The average Bonchev–Trinajstić information content (AvgIpc) is 2.86. The van der Waals surface area contributed by atoms with E-state index in [4.69, 9.17) is 0 Å². The van der Waals surface area contributed by atoms with Crippen molar-refractivity contribution in [3.05, 3.63) is 73.2 Å². The maximum atomic E-state index is 4.41. The topological polar surface area (TPSA) is 17.3 Å². The molecule has 90 valence electrons. The number of hydrogen-bond donors (Lipinski definition) is 0. The van der Waals surface area contributed by atoms with Gasteiger partial charge in [-0.2, -0.15) is 0 Å². The summed E-state index contributed by atoms with van der Waals surface area (Å²) in [7, 11) is 0. The Morgan fingerprint density at radius 1 is 0.895 bits per heavy atom. The van der Waals surface area contributed by atoms with E-state index in [0.717, 1.165) is 11.3 Å². The van der Waals surface area contributed by atoms with E-state index in [9.17, 15) is 0 Å². The third kappa shape index (κ3) is 1.61. The summed E-state index contributed by atoms with van der Waals surface area (Å²) in [6.45, 7) is 0. The molecule has 0 fully saturated rings. The molecule has 0 radical (unpaired) electrons. The standard InChI is InChI=1S/C17H12N2/c1-3-9-18-16(5-1)13-7-8-14-12-19-10-4-2-6-17(19)15(14)11-13/h1-12H. The van der Waals surface area contributed by atoms with Crippen LogP contribution in [-0.4, -0.2) is 9.38 Å². The molecule has 19 heavy (non-hydrogen) atoms. The Morgan fingerprint density at radius 2 is 1.84 bits per heavy atom. The zero-order valence-electron chi connectivity index (χ0n) is 10.3. The molecule has 0 saturated carbocycles. The lowest BCUT2D eigenvalue weighted by molar-refractivity contribution is 1.21. The zero-order chi connectivity index (χ0) is 12.7. The molecule has 0 aliphatic heterocycles. The highest BCUT2D eigenvalue weighted by atomic mass is 14.8. The number of fused-ring (bicyclic) bond motifs is 3. The Labute approximate surface area is 111 Å². The summed E-state index contributed by atoms with van der Waals surface area (Å²) in [4.78, 5) is 4.41. The van der Waals surface area contributed by atoms with Gasteiger partial charge in [-0.1, -0.05) is 24.3 Å². The molecular formula is C17H12N2. The SMILES string of the molecule is c1ccc(-c2ccc3cn4ccccc4c3c2)nc1. The molecular weight excluding hydrogens is 232 g/mol. The Kier molecular flexibility index (Phi) is 2.15. The van der Waals surface area contributed by atoms with Gasteiger partial charge < -0.3 is 4.40 Å². The van der Waals surface area contributed by atoms with Crippen LogP contribution < -0.4 is 0 Å². The first kappa shape index (κ1) is 10.3. The number of hydrogen-bond acceptors (Lipinski definition) is 1. The van der Waals surface area contributed by atoms with E-state index >= 15 is 0 Å². The van der Waals surface area contributed by atoms with E-state index in [1.807, 2.05) is 30.5 Å². The summed E-state index contributed by atoms with van der Waals surface area (Å²) in [6.07, 6.45) is 6.07. The van der Waals surface area contributed by atoms with Crippen LogP contribution in [0.15, 0.2) is 73.2 Å². The van der Waals surface area contributed by atoms with E-state index in [2.05, 4.69) is 52.1 Å². The van der Waals surface area contributed by atoms with E-state index in [-0.39, 0.29) is 0 Å². The fraction of sp³-hybridized carbons (Fsp3) is 0. The van der Waals surface area contributed by atoms with Crippen molar-refractivity contribution in [2.75, 3.05) is 0 Å². The quantitative estimate of drug-likeness (QED) is 0.491. The molecule has 0 aliphatic rings. The van der Waals surface area contributed by atoms with E-state index in [1.54, 1.807) is 0 Å². The van der Waals surface area contributed by atoms with Crippen LogP contribution in [0.1, 0.15) is 0 Å². The van der Waals surface area contributed by atoms with Crippen LogP contribution in [0.2, 0.25) is 0 Å². The van der Waals surface area contributed by atoms with Gasteiger partial charge >= 0.3 is 0 Å². The van der Waals surface area contributed by atoms with Gasteiger partial charge in [0.05, 0.1) is 11.2 Å². The summed E-state index contributed by atoms with van der Waals surface area (Å²) in [6, 6.07) is 18.8. The van der Waals surface area contributed by atoms with Crippen molar-refractivity contribution >= 4 is 16.3 Å². The van der Waals surface area contributed by atoms with Gasteiger partial charge in [0.15, 0.2) is 0 Å². The highest BCUT2D eigenvalue weighted by molar-refractivity contribution is 5.99. The third-order valence-corrected chi connectivity index (χ3v) is 3.46. The number of benzene rings is 1. The fourth-order valence-electron chi connectivity index (χ4n) is 2.53. The molecule has 0 saturated heterocycles. The summed E-state index contributed by atoms with van der Waals surface area (Å²) in [5, 5.41) is 2.52. The van der Waals surface area contributed by atoms with Crippen LogP contribution >= 0.6 is 0 Å². The third-order valence-electron chi connectivity index (χ3n) is 3.46. The predicted molar refractivity (Wildman–Crippen MR) is 78.1 cm³/mol. The molecule has 0 N–H and O–H groups in total. The second kappa shape index (κ2) is 3.95. The molecule has 1 aromatic carbocycles. The summed E-state index contributed by atoms with van der Waals surface area (Å²) in [5.41, 5.74) is 3.40. The smallest absolute Gasteiger partial charge is 0.0702 e. The van der Waals surface area contributed by atoms with E-state index in [0.29, 0.717) is 0 Å². The van der Waals surface area contributed by atoms with Crippen LogP contribution in [0, 0.1) is 0 Å². The molecule has 0 atom stereocenters. The number of pyridine rings is 2. The Hall–Kier alpha value is -2.61. The van der Waals surface area contributed by atoms with Crippen molar-refractivity contribution in [3.8, 4) is 11.3 Å². The van der Waals surface area contributed by atoms with Gasteiger partial charge in [0.25, 0.3) is 0 Å². The second-order valence-corrected chi connectivity index (χ2v) is 4.64. The minimum absolute atomic E-state index is 1.01. The van der Waals surface area contributed by atoms with E-state index in [1.165, 1.54) is 16.3 Å². The zero-order valence-corrected chi connectivity index (χ0v) is 10.3. The van der Waals surface area contributed by atoms with Crippen molar-refractivity contribution in [1.82, 2.24) is 9.38 Å². The predicted octanol–water partition coefficient (Wildman–Crippen LogP) is 4.15. The minimum Gasteiger partial charge on any atom is -0.323 e. The Bertz CT molecular complexity index is 860. The molecule has 0 aliphatic carbocycles. The number of aromatic nitrogens is 2. The number of rotatable bonds is 1. The van der Waals surface area contributed by atoms with Gasteiger partial charge in [-0.25, -0.2) is 0 Å². The van der Waals surface area contributed by atoms with Crippen LogP contribution in [0.3, 0.4) is 0 Å². The van der Waals surface area contributed by atoms with Gasteiger partial charge in [0, 0.05) is 34.9 Å². The lowest BCUT2D eigenvalue weighted by Gasteiger charge is -2.00. The fourth-order valence-corrected chi connectivity index (χ4v) is 2.53. The highest BCUT2D eigenvalue weighted by Gasteiger charge is 2.05. The number of nitrogens with zero attached hydrogens (tertiary/aromatic N) is 2. The Morgan fingerprint density at radius 3 is 2.74 bits per heavy atom.